The molecule has 0 amide bonds. The molecule has 3 rings (SSSR count). The fourth-order valence-corrected chi connectivity index (χ4v) is 4.87. The van der Waals surface area contributed by atoms with Crippen LogP contribution in [-0.4, -0.2) is 26.8 Å². The molecule has 0 bridgehead atoms. The lowest BCUT2D eigenvalue weighted by molar-refractivity contribution is -0.384. The molecule has 7 heteroatoms. The molecular weight excluding hydrogens is 406 g/mol. The first-order valence-corrected chi connectivity index (χ1v) is 11.2. The minimum Gasteiger partial charge on any atom is -0.411 e. The van der Waals surface area contributed by atoms with Gasteiger partial charge in [0.1, 0.15) is 0 Å². The molecular formula is C25H31N3O4. The maximum Gasteiger partial charge on any atom is 0.269 e. The topological polar surface area (TPSA) is 108 Å². The first kappa shape index (κ1) is 23.4. The van der Waals surface area contributed by atoms with Crippen molar-refractivity contribution >= 4 is 17.1 Å². The van der Waals surface area contributed by atoms with Crippen molar-refractivity contribution in [3.8, 4) is 11.1 Å². The number of fused-ring (bicyclic) bond motifs is 3. The van der Waals surface area contributed by atoms with Crippen molar-refractivity contribution in [1.29, 1.82) is 0 Å². The minimum absolute atomic E-state index is 0.113. The smallest absolute Gasteiger partial charge is 0.269 e. The van der Waals surface area contributed by atoms with Crippen LogP contribution in [-0.2, 0) is 5.41 Å². The highest BCUT2D eigenvalue weighted by molar-refractivity contribution is 6.12. The average molecular weight is 438 g/mol. The van der Waals surface area contributed by atoms with Gasteiger partial charge in [0.25, 0.3) is 5.69 Å². The lowest BCUT2D eigenvalue weighted by atomic mass is 9.70. The van der Waals surface area contributed by atoms with Gasteiger partial charge in [-0.1, -0.05) is 62.0 Å². The van der Waals surface area contributed by atoms with Crippen LogP contribution in [0.1, 0.15) is 82.4 Å². The van der Waals surface area contributed by atoms with E-state index in [1.54, 1.807) is 19.1 Å². The summed E-state index contributed by atoms with van der Waals surface area (Å²) < 4.78 is 0. The molecule has 0 radical (unpaired) electrons. The Hall–Kier alpha value is -3.22. The van der Waals surface area contributed by atoms with Crippen molar-refractivity contribution < 1.29 is 15.3 Å². The third kappa shape index (κ3) is 4.24. The molecule has 0 fully saturated rings. The molecule has 0 aromatic heterocycles. The molecule has 2 aromatic carbocycles. The lowest BCUT2D eigenvalue weighted by Gasteiger charge is -2.32. The van der Waals surface area contributed by atoms with E-state index in [4.69, 9.17) is 5.21 Å². The van der Waals surface area contributed by atoms with Gasteiger partial charge in [-0.25, -0.2) is 0 Å². The molecule has 0 heterocycles. The Kier molecular flexibility index (Phi) is 7.28. The van der Waals surface area contributed by atoms with Gasteiger partial charge >= 0.3 is 0 Å². The molecule has 1 aliphatic carbocycles. The van der Waals surface area contributed by atoms with E-state index >= 15 is 0 Å². The highest BCUT2D eigenvalue weighted by atomic mass is 16.6. The van der Waals surface area contributed by atoms with Gasteiger partial charge in [0.05, 0.1) is 16.3 Å². The normalized spacial score (nSPS) is 14.8. The largest absolute Gasteiger partial charge is 0.411 e. The summed E-state index contributed by atoms with van der Waals surface area (Å²) in [6.07, 6.45) is 6.10. The minimum atomic E-state index is -0.327. The number of non-ortho nitro benzene ring substituents is 1. The molecule has 7 nitrogen and oxygen atoms in total. The van der Waals surface area contributed by atoms with Gasteiger partial charge in [-0.3, -0.25) is 10.1 Å². The SMILES string of the molecule is CCCCC1(CCCC)c2cc(/C(C/C(C)=N/O)=N\O)ccc2-c2ccc([N+](=O)[O-])cc21. The van der Waals surface area contributed by atoms with Crippen LogP contribution >= 0.6 is 0 Å². The zero-order chi connectivity index (χ0) is 23.3. The van der Waals surface area contributed by atoms with Gasteiger partial charge in [-0.2, -0.15) is 0 Å². The fraction of sp³-hybridized carbons (Fsp3) is 0.440. The number of oxime groups is 2. The van der Waals surface area contributed by atoms with Gasteiger partial charge in [0, 0.05) is 29.5 Å². The molecule has 0 unspecified atom stereocenters. The molecule has 1 aliphatic rings. The number of hydrogen-bond donors (Lipinski definition) is 2. The van der Waals surface area contributed by atoms with Crippen LogP contribution in [0, 0.1) is 10.1 Å². The van der Waals surface area contributed by atoms with Crippen molar-refractivity contribution in [3.05, 3.63) is 63.2 Å². The van der Waals surface area contributed by atoms with Crippen molar-refractivity contribution in [2.75, 3.05) is 0 Å². The summed E-state index contributed by atoms with van der Waals surface area (Å²) in [6.45, 7) is 5.98. The van der Waals surface area contributed by atoms with Crippen LogP contribution in [0.4, 0.5) is 5.69 Å². The molecule has 0 atom stereocenters. The van der Waals surface area contributed by atoms with E-state index in [1.165, 1.54) is 0 Å². The molecule has 0 aliphatic heterocycles. The Bertz CT molecular complexity index is 1050. The second-order valence-corrected chi connectivity index (χ2v) is 8.60. The predicted molar refractivity (Wildman–Crippen MR) is 126 cm³/mol. The quantitative estimate of drug-likeness (QED) is 0.187. The third-order valence-corrected chi connectivity index (χ3v) is 6.52. The summed E-state index contributed by atoms with van der Waals surface area (Å²) in [4.78, 5) is 11.2. The van der Waals surface area contributed by atoms with Crippen LogP contribution in [0.5, 0.6) is 0 Å². The molecule has 0 spiro atoms. The van der Waals surface area contributed by atoms with Gasteiger partial charge < -0.3 is 10.4 Å². The number of rotatable bonds is 10. The van der Waals surface area contributed by atoms with Crippen LogP contribution in [0.25, 0.3) is 11.1 Å². The maximum absolute atomic E-state index is 11.6. The average Bonchev–Trinajstić information content (AvgIpc) is 3.08. The zero-order valence-electron chi connectivity index (χ0n) is 19.0. The van der Waals surface area contributed by atoms with Gasteiger partial charge in [-0.15, -0.1) is 0 Å². The number of nitro groups is 1. The van der Waals surface area contributed by atoms with E-state index in [2.05, 4.69) is 30.2 Å². The Balaban J connectivity index is 2.23. The zero-order valence-corrected chi connectivity index (χ0v) is 19.0. The second kappa shape index (κ2) is 9.94. The first-order valence-electron chi connectivity index (χ1n) is 11.2. The standard InChI is InChI=1S/C25H31N3O4/c1-4-6-12-25(13-7-5-2)22-15-18(24(27-30)14-17(3)26-29)8-10-20(22)21-11-9-19(28(31)32)16-23(21)25/h8-11,15-16,29-30H,4-7,12-14H2,1-3H3/b26-17+,27-24-. The van der Waals surface area contributed by atoms with Crippen molar-refractivity contribution in [2.24, 2.45) is 10.3 Å². The Morgan fingerprint density at radius 3 is 2.09 bits per heavy atom. The fourth-order valence-electron chi connectivity index (χ4n) is 4.87. The van der Waals surface area contributed by atoms with Crippen LogP contribution in [0.3, 0.4) is 0 Å². The van der Waals surface area contributed by atoms with E-state index in [-0.39, 0.29) is 22.4 Å². The molecule has 0 saturated carbocycles. The van der Waals surface area contributed by atoms with Gasteiger partial charge in [0.2, 0.25) is 0 Å². The summed E-state index contributed by atoms with van der Waals surface area (Å²) in [6, 6.07) is 11.2. The van der Waals surface area contributed by atoms with Crippen molar-refractivity contribution in [2.45, 2.75) is 71.1 Å². The number of benzene rings is 2. The van der Waals surface area contributed by atoms with E-state index in [1.807, 2.05) is 18.2 Å². The van der Waals surface area contributed by atoms with Crippen LogP contribution < -0.4 is 0 Å². The molecule has 170 valence electrons. The van der Waals surface area contributed by atoms with Crippen LogP contribution in [0.2, 0.25) is 0 Å². The summed E-state index contributed by atoms with van der Waals surface area (Å²) in [7, 11) is 0. The predicted octanol–water partition coefficient (Wildman–Crippen LogP) is 6.66. The molecule has 0 saturated heterocycles. The second-order valence-electron chi connectivity index (χ2n) is 8.60. The number of nitrogens with zero attached hydrogens (tertiary/aromatic N) is 3. The summed E-state index contributed by atoms with van der Waals surface area (Å²) in [5.41, 5.74) is 5.69. The maximum atomic E-state index is 11.6. The Morgan fingerprint density at radius 2 is 1.56 bits per heavy atom. The van der Waals surface area contributed by atoms with E-state index < -0.39 is 0 Å². The summed E-state index contributed by atoms with van der Waals surface area (Å²) >= 11 is 0. The Labute approximate surface area is 188 Å². The summed E-state index contributed by atoms with van der Waals surface area (Å²) in [5, 5.41) is 36.9. The third-order valence-electron chi connectivity index (χ3n) is 6.52. The molecule has 2 N–H and O–H groups in total. The van der Waals surface area contributed by atoms with Gasteiger partial charge in [0.15, 0.2) is 0 Å². The molecule has 2 aromatic rings. The number of nitro benzene ring substituents is 1. The molecule has 32 heavy (non-hydrogen) atoms. The van der Waals surface area contributed by atoms with Crippen LogP contribution in [0.15, 0.2) is 46.7 Å². The van der Waals surface area contributed by atoms with E-state index in [0.717, 1.165) is 66.3 Å². The van der Waals surface area contributed by atoms with Gasteiger partial charge in [-0.05, 0) is 54.2 Å². The van der Waals surface area contributed by atoms with E-state index in [0.29, 0.717) is 11.4 Å². The lowest BCUT2D eigenvalue weighted by Crippen LogP contribution is -2.26. The first-order chi connectivity index (χ1) is 15.4. The number of hydrogen-bond acceptors (Lipinski definition) is 6. The van der Waals surface area contributed by atoms with Crippen molar-refractivity contribution in [3.63, 3.8) is 0 Å². The Morgan fingerprint density at radius 1 is 0.969 bits per heavy atom. The monoisotopic (exact) mass is 437 g/mol. The highest BCUT2D eigenvalue weighted by Crippen LogP contribution is 2.55. The summed E-state index contributed by atoms with van der Waals surface area (Å²) in [5.74, 6) is 0. The highest BCUT2D eigenvalue weighted by Gasteiger charge is 2.43. The van der Waals surface area contributed by atoms with E-state index in [9.17, 15) is 15.3 Å². The van der Waals surface area contributed by atoms with Crippen molar-refractivity contribution in [1.82, 2.24) is 0 Å². The number of unbranched alkanes of at least 4 members (excludes halogenated alkanes) is 2.